The fourth-order valence-electron chi connectivity index (χ4n) is 2.01. The Balaban J connectivity index is 2.10. The van der Waals surface area contributed by atoms with Crippen LogP contribution >= 0.6 is 11.8 Å². The number of amides is 1. The number of hydrogen-bond acceptors (Lipinski definition) is 5. The number of aromatic nitrogens is 3. The van der Waals surface area contributed by atoms with Gasteiger partial charge in [-0.25, -0.2) is 0 Å². The SMILES string of the molecule is CCCNC(=O)[C@@H](C)Sc1nnc(-c2ccc(OC)cc2)n1C. The topological polar surface area (TPSA) is 69.0 Å². The third-order valence-corrected chi connectivity index (χ3v) is 4.52. The summed E-state index contributed by atoms with van der Waals surface area (Å²) in [6, 6.07) is 7.65. The second-order valence-electron chi connectivity index (χ2n) is 5.14. The van der Waals surface area contributed by atoms with Crippen molar-refractivity contribution < 1.29 is 9.53 Å². The summed E-state index contributed by atoms with van der Waals surface area (Å²) >= 11 is 1.40. The van der Waals surface area contributed by atoms with E-state index >= 15 is 0 Å². The van der Waals surface area contributed by atoms with Gasteiger partial charge < -0.3 is 14.6 Å². The van der Waals surface area contributed by atoms with E-state index in [-0.39, 0.29) is 11.2 Å². The molecule has 1 aromatic heterocycles. The summed E-state index contributed by atoms with van der Waals surface area (Å²) in [4.78, 5) is 12.0. The summed E-state index contributed by atoms with van der Waals surface area (Å²) in [5.74, 6) is 1.58. The number of rotatable bonds is 7. The lowest BCUT2D eigenvalue weighted by Gasteiger charge is -2.11. The van der Waals surface area contributed by atoms with Gasteiger partial charge in [0.1, 0.15) is 5.75 Å². The van der Waals surface area contributed by atoms with E-state index < -0.39 is 0 Å². The second-order valence-corrected chi connectivity index (χ2v) is 6.45. The molecule has 1 aromatic carbocycles. The fraction of sp³-hybridized carbons (Fsp3) is 0.438. The first-order chi connectivity index (χ1) is 11.1. The number of carbonyl (C=O) groups excluding carboxylic acids is 1. The lowest BCUT2D eigenvalue weighted by molar-refractivity contribution is -0.120. The number of hydrogen-bond donors (Lipinski definition) is 1. The van der Waals surface area contributed by atoms with Crippen LogP contribution in [0.15, 0.2) is 29.4 Å². The molecule has 0 aliphatic rings. The molecule has 0 saturated heterocycles. The van der Waals surface area contributed by atoms with Crippen molar-refractivity contribution >= 4 is 17.7 Å². The predicted octanol–water partition coefficient (Wildman–Crippen LogP) is 2.50. The predicted molar refractivity (Wildman–Crippen MR) is 91.6 cm³/mol. The Morgan fingerprint density at radius 2 is 2.04 bits per heavy atom. The fourth-order valence-corrected chi connectivity index (χ4v) is 2.85. The summed E-state index contributed by atoms with van der Waals surface area (Å²) in [6.07, 6.45) is 0.925. The van der Waals surface area contributed by atoms with Crippen LogP contribution < -0.4 is 10.1 Å². The van der Waals surface area contributed by atoms with Gasteiger partial charge in [0.2, 0.25) is 5.91 Å². The lowest BCUT2D eigenvalue weighted by atomic mass is 10.2. The van der Waals surface area contributed by atoms with E-state index in [4.69, 9.17) is 4.74 Å². The average molecular weight is 334 g/mol. The maximum absolute atomic E-state index is 12.0. The molecule has 0 radical (unpaired) electrons. The van der Waals surface area contributed by atoms with Crippen LogP contribution in [0.5, 0.6) is 5.75 Å². The van der Waals surface area contributed by atoms with Crippen LogP contribution in [-0.2, 0) is 11.8 Å². The van der Waals surface area contributed by atoms with Crippen molar-refractivity contribution in [1.82, 2.24) is 20.1 Å². The van der Waals surface area contributed by atoms with Gasteiger partial charge in [0.05, 0.1) is 12.4 Å². The summed E-state index contributed by atoms with van der Waals surface area (Å²) in [7, 11) is 3.54. The minimum absolute atomic E-state index is 0.0193. The van der Waals surface area contributed by atoms with Gasteiger partial charge in [-0.15, -0.1) is 10.2 Å². The van der Waals surface area contributed by atoms with E-state index in [1.807, 2.05) is 49.7 Å². The van der Waals surface area contributed by atoms with Crippen molar-refractivity contribution in [2.45, 2.75) is 30.7 Å². The van der Waals surface area contributed by atoms with Crippen molar-refractivity contribution in [3.63, 3.8) is 0 Å². The second kappa shape index (κ2) is 8.01. The molecular formula is C16H22N4O2S. The molecule has 1 atom stereocenters. The average Bonchev–Trinajstić information content (AvgIpc) is 2.93. The van der Waals surface area contributed by atoms with Crippen molar-refractivity contribution in [3.05, 3.63) is 24.3 Å². The smallest absolute Gasteiger partial charge is 0.233 e. The van der Waals surface area contributed by atoms with Crippen LogP contribution in [0, 0.1) is 0 Å². The molecule has 1 heterocycles. The third-order valence-electron chi connectivity index (χ3n) is 3.38. The Kier molecular flexibility index (Phi) is 6.04. The van der Waals surface area contributed by atoms with Gasteiger partial charge in [-0.2, -0.15) is 0 Å². The zero-order chi connectivity index (χ0) is 16.8. The van der Waals surface area contributed by atoms with E-state index in [0.29, 0.717) is 6.54 Å². The maximum Gasteiger partial charge on any atom is 0.233 e. The van der Waals surface area contributed by atoms with E-state index in [1.54, 1.807) is 7.11 Å². The van der Waals surface area contributed by atoms with E-state index in [1.165, 1.54) is 11.8 Å². The molecule has 0 fully saturated rings. The number of methoxy groups -OCH3 is 1. The van der Waals surface area contributed by atoms with Crippen LogP contribution in [0.2, 0.25) is 0 Å². The van der Waals surface area contributed by atoms with Crippen molar-refractivity contribution in [2.75, 3.05) is 13.7 Å². The molecule has 6 nitrogen and oxygen atoms in total. The Morgan fingerprint density at radius 1 is 1.35 bits per heavy atom. The van der Waals surface area contributed by atoms with Crippen molar-refractivity contribution in [3.8, 4) is 17.1 Å². The molecule has 0 spiro atoms. The van der Waals surface area contributed by atoms with E-state index in [2.05, 4.69) is 15.5 Å². The van der Waals surface area contributed by atoms with E-state index in [9.17, 15) is 4.79 Å². The number of nitrogens with zero attached hydrogens (tertiary/aromatic N) is 3. The highest BCUT2D eigenvalue weighted by Gasteiger charge is 2.18. The first-order valence-electron chi connectivity index (χ1n) is 7.55. The molecule has 0 bridgehead atoms. The minimum atomic E-state index is -0.215. The first kappa shape index (κ1) is 17.3. The highest BCUT2D eigenvalue weighted by molar-refractivity contribution is 8.00. The number of benzene rings is 1. The molecule has 2 aromatic rings. The molecule has 2 rings (SSSR count). The van der Waals surface area contributed by atoms with Gasteiger partial charge >= 0.3 is 0 Å². The Hall–Kier alpha value is -2.02. The van der Waals surface area contributed by atoms with Crippen molar-refractivity contribution in [2.24, 2.45) is 7.05 Å². The normalized spacial score (nSPS) is 12.0. The van der Waals surface area contributed by atoms with Crippen LogP contribution in [0.3, 0.4) is 0 Å². The van der Waals surface area contributed by atoms with Gasteiger partial charge in [-0.3, -0.25) is 4.79 Å². The van der Waals surface area contributed by atoms with Gasteiger partial charge in [0.25, 0.3) is 0 Å². The summed E-state index contributed by atoms with van der Waals surface area (Å²) in [6.45, 7) is 4.60. The van der Waals surface area contributed by atoms with E-state index in [0.717, 1.165) is 28.7 Å². The Bertz CT molecular complexity index is 655. The Labute approximate surface area is 140 Å². The largest absolute Gasteiger partial charge is 0.497 e. The number of nitrogens with one attached hydrogen (secondary N) is 1. The maximum atomic E-state index is 12.0. The van der Waals surface area contributed by atoms with Gasteiger partial charge in [-0.1, -0.05) is 18.7 Å². The molecular weight excluding hydrogens is 312 g/mol. The third kappa shape index (κ3) is 4.25. The standard InChI is InChI=1S/C16H22N4O2S/c1-5-10-17-15(21)11(2)23-16-19-18-14(20(16)3)12-6-8-13(22-4)9-7-12/h6-9,11H,5,10H2,1-4H3,(H,17,21)/t11-/m1/s1. The monoisotopic (exact) mass is 334 g/mol. The minimum Gasteiger partial charge on any atom is -0.497 e. The first-order valence-corrected chi connectivity index (χ1v) is 8.43. The molecule has 23 heavy (non-hydrogen) atoms. The highest BCUT2D eigenvalue weighted by Crippen LogP contribution is 2.26. The quantitative estimate of drug-likeness (QED) is 0.788. The molecule has 0 unspecified atom stereocenters. The zero-order valence-corrected chi connectivity index (χ0v) is 14.7. The van der Waals surface area contributed by atoms with Gasteiger partial charge in [-0.05, 0) is 37.6 Å². The van der Waals surface area contributed by atoms with Crippen LogP contribution in [0.4, 0.5) is 0 Å². The van der Waals surface area contributed by atoms with Crippen LogP contribution in [0.25, 0.3) is 11.4 Å². The molecule has 0 aliphatic carbocycles. The number of thioether (sulfide) groups is 1. The van der Waals surface area contributed by atoms with Gasteiger partial charge in [0.15, 0.2) is 11.0 Å². The summed E-state index contributed by atoms with van der Waals surface area (Å²) < 4.78 is 7.06. The molecule has 0 aliphatic heterocycles. The Morgan fingerprint density at radius 3 is 2.65 bits per heavy atom. The van der Waals surface area contributed by atoms with Crippen molar-refractivity contribution in [1.29, 1.82) is 0 Å². The van der Waals surface area contributed by atoms with Gasteiger partial charge in [0, 0.05) is 19.2 Å². The number of carbonyl (C=O) groups is 1. The van der Waals surface area contributed by atoms with Crippen LogP contribution in [-0.4, -0.2) is 39.6 Å². The number of ether oxygens (including phenoxy) is 1. The summed E-state index contributed by atoms with van der Waals surface area (Å²) in [5, 5.41) is 11.8. The lowest BCUT2D eigenvalue weighted by Crippen LogP contribution is -2.31. The molecule has 7 heteroatoms. The molecule has 124 valence electrons. The zero-order valence-electron chi connectivity index (χ0n) is 13.9. The van der Waals surface area contributed by atoms with Crippen LogP contribution in [0.1, 0.15) is 20.3 Å². The molecule has 0 saturated carbocycles. The molecule has 1 amide bonds. The highest BCUT2D eigenvalue weighted by atomic mass is 32.2. The molecule has 1 N–H and O–H groups in total. The summed E-state index contributed by atoms with van der Waals surface area (Å²) in [5.41, 5.74) is 0.954.